The first-order chi connectivity index (χ1) is 11.3. The van der Waals surface area contributed by atoms with E-state index in [1.807, 2.05) is 13.8 Å². The molecule has 0 saturated carbocycles. The topological polar surface area (TPSA) is 70.0 Å². The zero-order chi connectivity index (χ0) is 17.9. The van der Waals surface area contributed by atoms with Crippen LogP contribution < -0.4 is 0 Å². The predicted molar refractivity (Wildman–Crippen MR) is 83.4 cm³/mol. The molecule has 0 aliphatic carbocycles. The van der Waals surface area contributed by atoms with Crippen LogP contribution in [0, 0.1) is 23.5 Å². The molecule has 1 heterocycles. The third-order valence-electron chi connectivity index (χ3n) is 3.99. The minimum Gasteiger partial charge on any atom is -0.390 e. The number of benzene rings is 1. The number of halogens is 2. The summed E-state index contributed by atoms with van der Waals surface area (Å²) in [6, 6.07) is 2.82. The van der Waals surface area contributed by atoms with Gasteiger partial charge >= 0.3 is 0 Å². The van der Waals surface area contributed by atoms with Gasteiger partial charge in [0.05, 0.1) is 24.9 Å². The van der Waals surface area contributed by atoms with Gasteiger partial charge in [-0.1, -0.05) is 13.8 Å². The SMILES string of the molecule is CC(C)CN(C[C@@H]1COC[C@@H](O)[C@H]1O)C(=O)c1ccc(F)cc1F. The van der Waals surface area contributed by atoms with Gasteiger partial charge in [0.25, 0.3) is 5.91 Å². The van der Waals surface area contributed by atoms with Crippen molar-refractivity contribution < 1.29 is 28.5 Å². The van der Waals surface area contributed by atoms with Crippen LogP contribution in [0.4, 0.5) is 8.78 Å². The van der Waals surface area contributed by atoms with Crippen LogP contribution in [0.3, 0.4) is 0 Å². The van der Waals surface area contributed by atoms with E-state index in [9.17, 15) is 23.8 Å². The van der Waals surface area contributed by atoms with E-state index in [1.165, 1.54) is 4.90 Å². The number of aliphatic hydroxyl groups excluding tert-OH is 2. The summed E-state index contributed by atoms with van der Waals surface area (Å²) in [6.45, 7) is 4.52. The number of hydrogen-bond donors (Lipinski definition) is 2. The Morgan fingerprint density at radius 3 is 2.67 bits per heavy atom. The van der Waals surface area contributed by atoms with Crippen molar-refractivity contribution in [2.24, 2.45) is 11.8 Å². The van der Waals surface area contributed by atoms with E-state index >= 15 is 0 Å². The zero-order valence-electron chi connectivity index (χ0n) is 13.8. The summed E-state index contributed by atoms with van der Waals surface area (Å²) < 4.78 is 32.2. The van der Waals surface area contributed by atoms with Crippen LogP contribution in [0.15, 0.2) is 18.2 Å². The molecule has 7 heteroatoms. The van der Waals surface area contributed by atoms with Gasteiger partial charge < -0.3 is 19.8 Å². The second-order valence-corrected chi connectivity index (χ2v) is 6.58. The fraction of sp³-hybridized carbons (Fsp3) is 0.588. The molecule has 3 atom stereocenters. The number of carbonyl (C=O) groups is 1. The molecule has 2 N–H and O–H groups in total. The highest BCUT2D eigenvalue weighted by Crippen LogP contribution is 2.20. The van der Waals surface area contributed by atoms with Gasteiger partial charge in [-0.2, -0.15) is 0 Å². The van der Waals surface area contributed by atoms with Gasteiger partial charge in [0, 0.05) is 25.1 Å². The lowest BCUT2D eigenvalue weighted by molar-refractivity contribution is -0.124. The molecule has 0 unspecified atom stereocenters. The molecule has 0 aromatic heterocycles. The summed E-state index contributed by atoms with van der Waals surface area (Å²) in [7, 11) is 0. The van der Waals surface area contributed by atoms with Gasteiger partial charge in [-0.05, 0) is 18.1 Å². The van der Waals surface area contributed by atoms with Crippen molar-refractivity contribution in [1.29, 1.82) is 0 Å². The zero-order valence-corrected chi connectivity index (χ0v) is 13.8. The fourth-order valence-electron chi connectivity index (χ4n) is 2.81. The molecular weight excluding hydrogens is 320 g/mol. The van der Waals surface area contributed by atoms with Crippen LogP contribution in [0.5, 0.6) is 0 Å². The maximum Gasteiger partial charge on any atom is 0.256 e. The Kier molecular flexibility index (Phi) is 6.26. The molecule has 0 radical (unpaired) electrons. The Labute approximate surface area is 139 Å². The predicted octanol–water partition coefficient (Wildman–Crippen LogP) is 1.43. The molecule has 5 nitrogen and oxygen atoms in total. The van der Waals surface area contributed by atoms with Crippen molar-refractivity contribution in [3.05, 3.63) is 35.4 Å². The van der Waals surface area contributed by atoms with Crippen molar-refractivity contribution in [2.75, 3.05) is 26.3 Å². The first-order valence-corrected chi connectivity index (χ1v) is 7.97. The molecule has 24 heavy (non-hydrogen) atoms. The molecule has 1 aliphatic rings. The molecule has 0 spiro atoms. The molecule has 1 aliphatic heterocycles. The van der Waals surface area contributed by atoms with Crippen molar-refractivity contribution in [1.82, 2.24) is 4.90 Å². The van der Waals surface area contributed by atoms with Gasteiger partial charge in [0.1, 0.15) is 17.7 Å². The molecule has 0 bridgehead atoms. The number of rotatable bonds is 5. The van der Waals surface area contributed by atoms with Gasteiger partial charge in [0.2, 0.25) is 0 Å². The van der Waals surface area contributed by atoms with Crippen LogP contribution in [0.1, 0.15) is 24.2 Å². The largest absolute Gasteiger partial charge is 0.390 e. The van der Waals surface area contributed by atoms with Crippen molar-refractivity contribution >= 4 is 5.91 Å². The average molecular weight is 343 g/mol. The molecule has 1 fully saturated rings. The number of amides is 1. The molecule has 1 aromatic carbocycles. The van der Waals surface area contributed by atoms with Crippen molar-refractivity contribution in [3.8, 4) is 0 Å². The van der Waals surface area contributed by atoms with Crippen molar-refractivity contribution in [3.63, 3.8) is 0 Å². The van der Waals surface area contributed by atoms with E-state index in [-0.39, 0.29) is 31.2 Å². The van der Waals surface area contributed by atoms with E-state index in [0.717, 1.165) is 12.1 Å². The Balaban J connectivity index is 2.19. The number of ether oxygens (including phenoxy) is 1. The molecule has 1 saturated heterocycles. The summed E-state index contributed by atoms with van der Waals surface area (Å²) in [4.78, 5) is 14.1. The monoisotopic (exact) mass is 343 g/mol. The minimum absolute atomic E-state index is 0.0440. The Morgan fingerprint density at radius 2 is 2.04 bits per heavy atom. The average Bonchev–Trinajstić information content (AvgIpc) is 2.50. The normalized spacial score (nSPS) is 24.2. The Hall–Kier alpha value is -1.57. The maximum absolute atomic E-state index is 13.9. The summed E-state index contributed by atoms with van der Waals surface area (Å²) in [6.07, 6.45) is -2.03. The summed E-state index contributed by atoms with van der Waals surface area (Å²) in [5.74, 6) is -2.61. The molecule has 2 rings (SSSR count). The Bertz CT molecular complexity index is 582. The van der Waals surface area contributed by atoms with E-state index < -0.39 is 35.7 Å². The number of nitrogens with zero attached hydrogens (tertiary/aromatic N) is 1. The van der Waals surface area contributed by atoms with Crippen LogP contribution in [0.25, 0.3) is 0 Å². The van der Waals surface area contributed by atoms with Crippen LogP contribution in [-0.2, 0) is 4.74 Å². The van der Waals surface area contributed by atoms with Gasteiger partial charge in [-0.15, -0.1) is 0 Å². The smallest absolute Gasteiger partial charge is 0.256 e. The second kappa shape index (κ2) is 8.00. The standard InChI is InChI=1S/C17H23F2NO4/c1-10(2)6-20(7-11-8-24-9-15(21)16(11)22)17(23)13-4-3-12(18)5-14(13)19/h3-5,10-11,15-16,21-22H,6-9H2,1-2H3/t11-,15-,16+/m1/s1. The van der Waals surface area contributed by atoms with Crippen LogP contribution in [0.2, 0.25) is 0 Å². The highest BCUT2D eigenvalue weighted by molar-refractivity contribution is 5.94. The maximum atomic E-state index is 13.9. The fourth-order valence-corrected chi connectivity index (χ4v) is 2.81. The molecular formula is C17H23F2NO4. The van der Waals surface area contributed by atoms with Crippen molar-refractivity contribution in [2.45, 2.75) is 26.1 Å². The minimum atomic E-state index is -1.01. The molecule has 1 amide bonds. The van der Waals surface area contributed by atoms with Gasteiger partial charge in [-0.3, -0.25) is 4.79 Å². The van der Waals surface area contributed by atoms with E-state index in [2.05, 4.69) is 0 Å². The lowest BCUT2D eigenvalue weighted by atomic mass is 9.95. The lowest BCUT2D eigenvalue weighted by Gasteiger charge is -2.36. The lowest BCUT2D eigenvalue weighted by Crippen LogP contribution is -2.50. The van der Waals surface area contributed by atoms with Crippen LogP contribution >= 0.6 is 0 Å². The third kappa shape index (κ3) is 4.49. The first-order valence-electron chi connectivity index (χ1n) is 7.97. The van der Waals surface area contributed by atoms with E-state index in [4.69, 9.17) is 4.74 Å². The number of hydrogen-bond acceptors (Lipinski definition) is 4. The van der Waals surface area contributed by atoms with Gasteiger partial charge in [-0.25, -0.2) is 8.78 Å². The summed E-state index contributed by atoms with van der Waals surface area (Å²) >= 11 is 0. The highest BCUT2D eigenvalue weighted by atomic mass is 19.1. The third-order valence-corrected chi connectivity index (χ3v) is 3.99. The number of carbonyl (C=O) groups excluding carboxylic acids is 1. The van der Waals surface area contributed by atoms with E-state index in [1.54, 1.807) is 0 Å². The Morgan fingerprint density at radius 1 is 1.33 bits per heavy atom. The quantitative estimate of drug-likeness (QED) is 0.849. The summed E-state index contributed by atoms with van der Waals surface area (Å²) in [5, 5.41) is 19.8. The van der Waals surface area contributed by atoms with Gasteiger partial charge in [0.15, 0.2) is 0 Å². The summed E-state index contributed by atoms with van der Waals surface area (Å²) in [5.41, 5.74) is -0.219. The van der Waals surface area contributed by atoms with Crippen LogP contribution in [-0.4, -0.2) is 59.5 Å². The molecule has 134 valence electrons. The molecule has 1 aromatic rings. The second-order valence-electron chi connectivity index (χ2n) is 6.58. The highest BCUT2D eigenvalue weighted by Gasteiger charge is 2.34. The first kappa shape index (κ1) is 18.8. The number of aliphatic hydroxyl groups is 2. The van der Waals surface area contributed by atoms with E-state index in [0.29, 0.717) is 12.6 Å².